The van der Waals surface area contributed by atoms with Gasteiger partial charge >= 0.3 is 0 Å². The Kier molecular flexibility index (Phi) is 6.52. The zero-order valence-corrected chi connectivity index (χ0v) is 15.4. The van der Waals surface area contributed by atoms with Crippen LogP contribution in [0.4, 0.5) is 11.6 Å². The third-order valence-corrected chi connectivity index (χ3v) is 4.28. The number of aromatic nitrogens is 2. The summed E-state index contributed by atoms with van der Waals surface area (Å²) >= 11 is 0. The Hall–Kier alpha value is -3.21. The zero-order valence-electron chi connectivity index (χ0n) is 15.4. The smallest absolute Gasteiger partial charge is 0.226 e. The van der Waals surface area contributed by atoms with E-state index in [4.69, 9.17) is 0 Å². The Morgan fingerprint density at radius 1 is 0.852 bits per heavy atom. The Labute approximate surface area is 159 Å². The number of carbonyl (C=O) groups is 1. The lowest BCUT2D eigenvalue weighted by molar-refractivity contribution is -0.116. The summed E-state index contributed by atoms with van der Waals surface area (Å²) < 4.78 is 0. The highest BCUT2D eigenvalue weighted by Gasteiger charge is 2.18. The van der Waals surface area contributed by atoms with Gasteiger partial charge in [0.15, 0.2) is 5.82 Å². The molecule has 0 fully saturated rings. The van der Waals surface area contributed by atoms with Gasteiger partial charge in [0, 0.05) is 18.9 Å². The van der Waals surface area contributed by atoms with Gasteiger partial charge in [0.05, 0.1) is 0 Å². The second kappa shape index (κ2) is 9.48. The van der Waals surface area contributed by atoms with E-state index in [1.54, 1.807) is 6.07 Å². The van der Waals surface area contributed by atoms with E-state index in [0.717, 1.165) is 24.1 Å². The molecule has 0 aliphatic rings. The van der Waals surface area contributed by atoms with Crippen LogP contribution in [0.2, 0.25) is 0 Å². The minimum atomic E-state index is -0.0868. The standard InChI is InChI=1S/C22H24N4O/c1-2-15-23-20-13-14-21(26-25-20)24-22(27)16-19(17-9-5-3-6-10-17)18-11-7-4-8-12-18/h3-14,19H,2,15-16H2,1H3,(H,23,25)(H,24,26,27). The summed E-state index contributed by atoms with van der Waals surface area (Å²) in [7, 11) is 0. The molecule has 5 nitrogen and oxygen atoms in total. The van der Waals surface area contributed by atoms with E-state index in [0.29, 0.717) is 18.1 Å². The molecule has 0 saturated heterocycles. The van der Waals surface area contributed by atoms with Gasteiger partial charge in [-0.1, -0.05) is 67.6 Å². The number of benzene rings is 2. The van der Waals surface area contributed by atoms with Crippen molar-refractivity contribution < 1.29 is 4.79 Å². The van der Waals surface area contributed by atoms with E-state index in [1.165, 1.54) is 0 Å². The van der Waals surface area contributed by atoms with Crippen molar-refractivity contribution in [1.82, 2.24) is 10.2 Å². The fourth-order valence-corrected chi connectivity index (χ4v) is 2.92. The van der Waals surface area contributed by atoms with Gasteiger partial charge in [-0.05, 0) is 29.7 Å². The maximum absolute atomic E-state index is 12.6. The molecular weight excluding hydrogens is 336 g/mol. The van der Waals surface area contributed by atoms with Crippen LogP contribution in [0.15, 0.2) is 72.8 Å². The van der Waals surface area contributed by atoms with Crippen LogP contribution in [-0.4, -0.2) is 22.6 Å². The summed E-state index contributed by atoms with van der Waals surface area (Å²) in [6, 6.07) is 23.8. The fraction of sp³-hybridized carbons (Fsp3) is 0.227. The molecule has 5 heteroatoms. The van der Waals surface area contributed by atoms with Crippen molar-refractivity contribution in [1.29, 1.82) is 0 Å². The van der Waals surface area contributed by atoms with E-state index >= 15 is 0 Å². The Balaban J connectivity index is 1.69. The molecule has 0 saturated carbocycles. The summed E-state index contributed by atoms with van der Waals surface area (Å²) in [5.74, 6) is 1.07. The molecule has 1 amide bonds. The van der Waals surface area contributed by atoms with Crippen molar-refractivity contribution in [3.8, 4) is 0 Å². The van der Waals surface area contributed by atoms with Crippen LogP contribution in [0.1, 0.15) is 36.8 Å². The number of hydrogen-bond acceptors (Lipinski definition) is 4. The van der Waals surface area contributed by atoms with Gasteiger partial charge in [-0.2, -0.15) is 0 Å². The molecule has 27 heavy (non-hydrogen) atoms. The second-order valence-corrected chi connectivity index (χ2v) is 6.36. The molecular formula is C22H24N4O. The predicted molar refractivity (Wildman–Crippen MR) is 109 cm³/mol. The van der Waals surface area contributed by atoms with E-state index in [2.05, 4.69) is 52.0 Å². The maximum atomic E-state index is 12.6. The molecule has 2 N–H and O–H groups in total. The van der Waals surface area contributed by atoms with E-state index in [1.807, 2.05) is 42.5 Å². The van der Waals surface area contributed by atoms with Gasteiger partial charge in [0.1, 0.15) is 5.82 Å². The highest BCUT2D eigenvalue weighted by molar-refractivity contribution is 5.90. The molecule has 1 heterocycles. The molecule has 3 aromatic rings. The third kappa shape index (κ3) is 5.38. The van der Waals surface area contributed by atoms with Gasteiger partial charge in [0.2, 0.25) is 5.91 Å². The summed E-state index contributed by atoms with van der Waals surface area (Å²) in [5, 5.41) is 14.2. The van der Waals surface area contributed by atoms with Gasteiger partial charge in [0.25, 0.3) is 0 Å². The first-order valence-electron chi connectivity index (χ1n) is 9.23. The molecule has 0 radical (unpaired) electrons. The van der Waals surface area contributed by atoms with Crippen molar-refractivity contribution in [3.63, 3.8) is 0 Å². The summed E-state index contributed by atoms with van der Waals surface area (Å²) in [6.45, 7) is 2.93. The Bertz CT molecular complexity index is 796. The molecule has 3 rings (SSSR count). The molecule has 0 bridgehead atoms. The molecule has 0 unspecified atom stereocenters. The van der Waals surface area contributed by atoms with Crippen LogP contribution in [0.3, 0.4) is 0 Å². The van der Waals surface area contributed by atoms with Crippen molar-refractivity contribution in [2.75, 3.05) is 17.2 Å². The molecule has 1 aromatic heterocycles. The topological polar surface area (TPSA) is 66.9 Å². The van der Waals surface area contributed by atoms with Crippen LogP contribution in [0, 0.1) is 0 Å². The summed E-state index contributed by atoms with van der Waals surface area (Å²) in [6.07, 6.45) is 1.35. The monoisotopic (exact) mass is 360 g/mol. The van der Waals surface area contributed by atoms with E-state index < -0.39 is 0 Å². The van der Waals surface area contributed by atoms with Gasteiger partial charge < -0.3 is 10.6 Å². The van der Waals surface area contributed by atoms with Crippen LogP contribution >= 0.6 is 0 Å². The normalized spacial score (nSPS) is 10.6. The first-order valence-corrected chi connectivity index (χ1v) is 9.23. The van der Waals surface area contributed by atoms with Crippen LogP contribution < -0.4 is 10.6 Å². The average Bonchev–Trinajstić information content (AvgIpc) is 2.73. The third-order valence-electron chi connectivity index (χ3n) is 4.28. The van der Waals surface area contributed by atoms with Gasteiger partial charge in [-0.15, -0.1) is 10.2 Å². The lowest BCUT2D eigenvalue weighted by Gasteiger charge is -2.17. The van der Waals surface area contributed by atoms with Crippen molar-refractivity contribution in [3.05, 3.63) is 83.9 Å². The first kappa shape index (κ1) is 18.6. The lowest BCUT2D eigenvalue weighted by Crippen LogP contribution is -2.17. The van der Waals surface area contributed by atoms with Crippen molar-refractivity contribution >= 4 is 17.5 Å². The molecule has 0 spiro atoms. The maximum Gasteiger partial charge on any atom is 0.226 e. The number of hydrogen-bond donors (Lipinski definition) is 2. The number of nitrogens with one attached hydrogen (secondary N) is 2. The first-order chi connectivity index (χ1) is 13.3. The van der Waals surface area contributed by atoms with Crippen LogP contribution in [0.5, 0.6) is 0 Å². The summed E-state index contributed by atoms with van der Waals surface area (Å²) in [5.41, 5.74) is 2.23. The fourth-order valence-electron chi connectivity index (χ4n) is 2.92. The Morgan fingerprint density at radius 3 is 1.93 bits per heavy atom. The average molecular weight is 360 g/mol. The number of rotatable bonds is 8. The van der Waals surface area contributed by atoms with Crippen LogP contribution in [-0.2, 0) is 4.79 Å². The number of nitrogens with zero attached hydrogens (tertiary/aromatic N) is 2. The lowest BCUT2D eigenvalue weighted by atomic mass is 9.88. The number of amides is 1. The van der Waals surface area contributed by atoms with Crippen molar-refractivity contribution in [2.24, 2.45) is 0 Å². The summed E-state index contributed by atoms with van der Waals surface area (Å²) in [4.78, 5) is 12.6. The molecule has 0 aliphatic carbocycles. The quantitative estimate of drug-likeness (QED) is 0.622. The number of anilines is 2. The number of carbonyl (C=O) groups excluding carboxylic acids is 1. The van der Waals surface area contributed by atoms with Crippen LogP contribution in [0.25, 0.3) is 0 Å². The van der Waals surface area contributed by atoms with Crippen molar-refractivity contribution in [2.45, 2.75) is 25.7 Å². The highest BCUT2D eigenvalue weighted by Crippen LogP contribution is 2.28. The van der Waals surface area contributed by atoms with E-state index in [-0.39, 0.29) is 11.8 Å². The largest absolute Gasteiger partial charge is 0.369 e. The molecule has 0 atom stereocenters. The second-order valence-electron chi connectivity index (χ2n) is 6.36. The predicted octanol–water partition coefficient (Wildman–Crippen LogP) is 4.46. The SMILES string of the molecule is CCCNc1ccc(NC(=O)CC(c2ccccc2)c2ccccc2)nn1. The Morgan fingerprint density at radius 2 is 1.41 bits per heavy atom. The van der Waals surface area contributed by atoms with Gasteiger partial charge in [-0.3, -0.25) is 4.79 Å². The minimum Gasteiger partial charge on any atom is -0.369 e. The van der Waals surface area contributed by atoms with E-state index in [9.17, 15) is 4.79 Å². The molecule has 0 aliphatic heterocycles. The highest BCUT2D eigenvalue weighted by atomic mass is 16.1. The zero-order chi connectivity index (χ0) is 18.9. The minimum absolute atomic E-state index is 0.00847. The van der Waals surface area contributed by atoms with Gasteiger partial charge in [-0.25, -0.2) is 0 Å². The molecule has 138 valence electrons. The molecule has 2 aromatic carbocycles.